The zero-order valence-corrected chi connectivity index (χ0v) is 26.2. The summed E-state index contributed by atoms with van der Waals surface area (Å²) in [6.45, 7) is 3.32. The third-order valence-corrected chi connectivity index (χ3v) is 8.18. The molecular formula is C33H57NO8. The monoisotopic (exact) mass is 595 g/mol. The molecule has 2 aliphatic heterocycles. The van der Waals surface area contributed by atoms with Crippen LogP contribution < -0.4 is 0 Å². The van der Waals surface area contributed by atoms with E-state index in [-0.39, 0.29) is 30.5 Å². The van der Waals surface area contributed by atoms with Gasteiger partial charge in [-0.05, 0) is 39.5 Å². The second kappa shape index (κ2) is 22.5. The van der Waals surface area contributed by atoms with E-state index in [4.69, 9.17) is 24.9 Å². The fourth-order valence-electron chi connectivity index (χ4n) is 5.36. The summed E-state index contributed by atoms with van der Waals surface area (Å²) in [7, 11) is 0. The van der Waals surface area contributed by atoms with Gasteiger partial charge in [0, 0.05) is 12.8 Å². The summed E-state index contributed by atoms with van der Waals surface area (Å²) in [5, 5.41) is 35.8. The number of rotatable bonds is 26. The quantitative estimate of drug-likeness (QED) is 0.0698. The van der Waals surface area contributed by atoms with Gasteiger partial charge in [-0.1, -0.05) is 103 Å². The van der Waals surface area contributed by atoms with Crippen LogP contribution in [0.3, 0.4) is 0 Å². The summed E-state index contributed by atoms with van der Waals surface area (Å²) in [5.74, 6) is -1.22. The molecule has 2 fully saturated rings. The van der Waals surface area contributed by atoms with E-state index in [1.807, 2.05) is 0 Å². The summed E-state index contributed by atoms with van der Waals surface area (Å²) in [6.07, 6.45) is 21.8. The Bertz CT molecular complexity index is 812. The molecule has 0 aromatic rings. The zero-order chi connectivity index (χ0) is 31.2. The molecule has 2 aliphatic rings. The van der Waals surface area contributed by atoms with E-state index < -0.39 is 23.6 Å². The summed E-state index contributed by atoms with van der Waals surface area (Å²) in [5.41, 5.74) is -0.764. The lowest BCUT2D eigenvalue weighted by Gasteiger charge is -2.07. The van der Waals surface area contributed by atoms with E-state index in [0.29, 0.717) is 12.8 Å². The Morgan fingerprint density at radius 1 is 0.738 bits per heavy atom. The minimum Gasteiger partial charge on any atom is -0.481 e. The number of unbranched alkanes of at least 4 members (excludes halogenated alkanes) is 16. The lowest BCUT2D eigenvalue weighted by molar-refractivity contribution is -0.138. The van der Waals surface area contributed by atoms with Crippen LogP contribution in [0.5, 0.6) is 0 Å². The van der Waals surface area contributed by atoms with Gasteiger partial charge in [0.05, 0.1) is 12.2 Å². The van der Waals surface area contributed by atoms with Gasteiger partial charge in [0.25, 0.3) is 0 Å². The number of Topliss-reactive ketones (excluding diaryl/α,β-unsaturated/α-hetero) is 1. The molecule has 2 saturated heterocycles. The van der Waals surface area contributed by atoms with Crippen molar-refractivity contribution in [2.24, 2.45) is 0 Å². The van der Waals surface area contributed by atoms with Crippen LogP contribution >= 0.6 is 0 Å². The number of nitrogens with zero attached hydrogens (tertiary/aromatic N) is 1. The molecule has 0 aliphatic carbocycles. The number of nitriles is 1. The van der Waals surface area contributed by atoms with Crippen molar-refractivity contribution in [2.75, 3.05) is 0 Å². The molecule has 5 unspecified atom stereocenters. The number of carboxylic acids is 2. The van der Waals surface area contributed by atoms with Gasteiger partial charge >= 0.3 is 11.9 Å². The molecule has 242 valence electrons. The fraction of sp³-hybridized carbons (Fsp3) is 0.879. The Kier molecular flexibility index (Phi) is 20.4. The van der Waals surface area contributed by atoms with Crippen molar-refractivity contribution in [2.45, 2.75) is 185 Å². The van der Waals surface area contributed by atoms with Gasteiger partial charge in [-0.15, -0.1) is 0 Å². The van der Waals surface area contributed by atoms with E-state index >= 15 is 0 Å². The molecular weight excluding hydrogens is 538 g/mol. The largest absolute Gasteiger partial charge is 0.481 e. The highest BCUT2D eigenvalue weighted by Gasteiger charge is 2.56. The highest BCUT2D eigenvalue weighted by molar-refractivity contribution is 5.83. The Hall–Kier alpha value is -2.02. The number of epoxide rings is 2. The van der Waals surface area contributed by atoms with Crippen LogP contribution in [0.25, 0.3) is 0 Å². The minimum absolute atomic E-state index is 0.0965. The molecule has 0 radical (unpaired) electrons. The molecule has 2 heterocycles. The van der Waals surface area contributed by atoms with Crippen LogP contribution in [0, 0.1) is 11.3 Å². The number of aliphatic carboxylic acids is 2. The topological polar surface area (TPSA) is 161 Å². The number of aliphatic hydroxyl groups is 1. The summed E-state index contributed by atoms with van der Waals surface area (Å²) in [4.78, 5) is 31.6. The first-order valence-electron chi connectivity index (χ1n) is 16.5. The summed E-state index contributed by atoms with van der Waals surface area (Å²) < 4.78 is 10.5. The van der Waals surface area contributed by atoms with Crippen molar-refractivity contribution < 1.29 is 39.2 Å². The Morgan fingerprint density at radius 2 is 1.14 bits per heavy atom. The summed E-state index contributed by atoms with van der Waals surface area (Å²) in [6, 6.07) is 2.08. The number of carboxylic acid groups (broad SMARTS) is 2. The first-order valence-corrected chi connectivity index (χ1v) is 16.5. The molecule has 0 aromatic carbocycles. The molecule has 0 spiro atoms. The molecule has 2 rings (SSSR count). The summed E-state index contributed by atoms with van der Waals surface area (Å²) >= 11 is 0. The molecule has 3 N–H and O–H groups in total. The molecule has 0 aromatic heterocycles. The second-order valence-electron chi connectivity index (χ2n) is 12.3. The van der Waals surface area contributed by atoms with Crippen LogP contribution in [0.4, 0.5) is 0 Å². The average Bonchev–Trinajstić information content (AvgIpc) is 3.86. The maximum absolute atomic E-state index is 11.0. The SMILES string of the molecule is CC(=O)C1OC1CCCCCCCCCCCC(=O)O.CC1(C#N)OC1C(O)CCCCCCCCCCCC(=O)O. The van der Waals surface area contributed by atoms with Crippen molar-refractivity contribution in [3.05, 3.63) is 0 Å². The van der Waals surface area contributed by atoms with Crippen LogP contribution in [0.1, 0.15) is 155 Å². The maximum atomic E-state index is 11.0. The Balaban J connectivity index is 0.000000422. The Labute approximate surface area is 253 Å². The molecule has 0 amide bonds. The number of hydrogen-bond acceptors (Lipinski definition) is 7. The van der Waals surface area contributed by atoms with Crippen LogP contribution in [-0.2, 0) is 23.9 Å². The first kappa shape index (κ1) is 38.0. The highest BCUT2D eigenvalue weighted by atomic mass is 16.6. The fourth-order valence-corrected chi connectivity index (χ4v) is 5.36. The molecule has 42 heavy (non-hydrogen) atoms. The van der Waals surface area contributed by atoms with E-state index in [9.17, 15) is 19.5 Å². The van der Waals surface area contributed by atoms with Crippen molar-refractivity contribution in [3.8, 4) is 6.07 Å². The number of ether oxygens (including phenoxy) is 2. The van der Waals surface area contributed by atoms with Gasteiger partial charge in [0.2, 0.25) is 0 Å². The number of aliphatic hydroxyl groups excluding tert-OH is 1. The van der Waals surface area contributed by atoms with Gasteiger partial charge in [-0.2, -0.15) is 5.26 Å². The third kappa shape index (κ3) is 19.2. The van der Waals surface area contributed by atoms with Gasteiger partial charge in [-0.3, -0.25) is 14.4 Å². The first-order chi connectivity index (χ1) is 20.1. The van der Waals surface area contributed by atoms with Gasteiger partial charge in [0.1, 0.15) is 18.3 Å². The lowest BCUT2D eigenvalue weighted by atomic mass is 10.00. The number of hydrogen-bond donors (Lipinski definition) is 3. The van der Waals surface area contributed by atoms with Crippen LogP contribution in [0.2, 0.25) is 0 Å². The van der Waals surface area contributed by atoms with E-state index in [2.05, 4.69) is 6.07 Å². The molecule has 5 atom stereocenters. The number of carbonyl (C=O) groups excluding carboxylic acids is 1. The standard InChI is InChI=1S/C17H29NO4.C16H28O4/c1-17(13-18)16(22-17)14(19)11-9-7-5-3-2-4-6-8-10-12-15(20)21;1-13(17)16-14(20-16)11-9-7-5-3-2-4-6-8-10-12-15(18)19/h14,16,19H,2-12H2,1H3,(H,20,21);14,16H,2-12H2,1H3,(H,18,19). The third-order valence-electron chi connectivity index (χ3n) is 8.18. The average molecular weight is 596 g/mol. The zero-order valence-electron chi connectivity index (χ0n) is 26.2. The molecule has 9 heteroatoms. The van der Waals surface area contributed by atoms with Crippen molar-refractivity contribution >= 4 is 17.7 Å². The van der Waals surface area contributed by atoms with Gasteiger partial charge in [0.15, 0.2) is 11.4 Å². The van der Waals surface area contributed by atoms with Gasteiger partial charge in [-0.25, -0.2) is 0 Å². The minimum atomic E-state index is -0.764. The van der Waals surface area contributed by atoms with E-state index in [1.54, 1.807) is 13.8 Å². The number of carbonyl (C=O) groups is 3. The normalized spacial score (nSPS) is 22.9. The maximum Gasteiger partial charge on any atom is 0.303 e. The smallest absolute Gasteiger partial charge is 0.303 e. The van der Waals surface area contributed by atoms with Crippen LogP contribution in [0.15, 0.2) is 0 Å². The molecule has 9 nitrogen and oxygen atoms in total. The van der Waals surface area contributed by atoms with Crippen molar-refractivity contribution in [3.63, 3.8) is 0 Å². The van der Waals surface area contributed by atoms with Gasteiger partial charge < -0.3 is 24.8 Å². The van der Waals surface area contributed by atoms with E-state index in [0.717, 1.165) is 64.2 Å². The van der Waals surface area contributed by atoms with E-state index in [1.165, 1.54) is 57.8 Å². The predicted molar refractivity (Wildman–Crippen MR) is 161 cm³/mol. The number of ketones is 1. The molecule has 0 bridgehead atoms. The van der Waals surface area contributed by atoms with Crippen molar-refractivity contribution in [1.82, 2.24) is 0 Å². The molecule has 0 saturated carbocycles. The Morgan fingerprint density at radius 3 is 1.50 bits per heavy atom. The highest BCUT2D eigenvalue weighted by Crippen LogP contribution is 2.39. The predicted octanol–water partition coefficient (Wildman–Crippen LogP) is 7.12. The van der Waals surface area contributed by atoms with Crippen LogP contribution in [-0.4, -0.2) is 63.1 Å². The lowest BCUT2D eigenvalue weighted by Crippen LogP contribution is -2.21. The van der Waals surface area contributed by atoms with Crippen molar-refractivity contribution in [1.29, 1.82) is 5.26 Å². The second-order valence-corrected chi connectivity index (χ2v) is 12.3.